The smallest absolute Gasteiger partial charge is 0.326 e. The number of benzene rings is 1. The summed E-state index contributed by atoms with van der Waals surface area (Å²) in [5.74, 6) is -4.90. The summed E-state index contributed by atoms with van der Waals surface area (Å²) in [6.07, 6.45) is -0.836. The first kappa shape index (κ1) is 17.0. The highest BCUT2D eigenvalue weighted by Crippen LogP contribution is 2.18. The lowest BCUT2D eigenvalue weighted by atomic mass is 10.1. The number of carboxylic acid groups (broad SMARTS) is 2. The molecule has 0 radical (unpaired) electrons. The molecule has 0 fully saturated rings. The zero-order valence-electron chi connectivity index (χ0n) is 11.0. The van der Waals surface area contributed by atoms with Crippen LogP contribution in [0.3, 0.4) is 0 Å². The fourth-order valence-corrected chi connectivity index (χ4v) is 1.56. The van der Waals surface area contributed by atoms with Gasteiger partial charge in [0.1, 0.15) is 6.04 Å². The first-order chi connectivity index (χ1) is 10.2. The predicted molar refractivity (Wildman–Crippen MR) is 68.8 cm³/mol. The molecule has 1 rings (SSSR count). The molecule has 10 heteroatoms. The lowest BCUT2D eigenvalue weighted by molar-refractivity contribution is -0.387. The van der Waals surface area contributed by atoms with Crippen LogP contribution in [0.1, 0.15) is 23.2 Å². The van der Waals surface area contributed by atoms with Crippen LogP contribution in [0.15, 0.2) is 18.2 Å². The van der Waals surface area contributed by atoms with Gasteiger partial charge in [0.15, 0.2) is 0 Å². The third kappa shape index (κ3) is 4.51. The summed E-state index contributed by atoms with van der Waals surface area (Å²) < 4.78 is 13.4. The Morgan fingerprint density at radius 3 is 2.41 bits per heavy atom. The standard InChI is InChI=1S/C12H11FN2O7/c13-7-5-6(1-3-9(7)15(21)22)11(18)14-8(12(19)20)2-4-10(16)17/h1,3,5,8H,2,4H2,(H,14,18)(H,16,17)(H,19,20). The van der Waals surface area contributed by atoms with Gasteiger partial charge in [-0.2, -0.15) is 4.39 Å². The van der Waals surface area contributed by atoms with Crippen molar-refractivity contribution in [2.45, 2.75) is 18.9 Å². The van der Waals surface area contributed by atoms with E-state index in [0.717, 1.165) is 12.1 Å². The van der Waals surface area contributed by atoms with Crippen molar-refractivity contribution in [3.63, 3.8) is 0 Å². The highest BCUT2D eigenvalue weighted by Gasteiger charge is 2.23. The maximum absolute atomic E-state index is 13.4. The van der Waals surface area contributed by atoms with Gasteiger partial charge in [-0.1, -0.05) is 0 Å². The first-order valence-electron chi connectivity index (χ1n) is 5.91. The lowest BCUT2D eigenvalue weighted by Crippen LogP contribution is -2.41. The molecule has 1 aromatic rings. The van der Waals surface area contributed by atoms with Crippen LogP contribution in [-0.2, 0) is 9.59 Å². The highest BCUT2D eigenvalue weighted by molar-refractivity contribution is 5.96. The van der Waals surface area contributed by atoms with E-state index in [1.165, 1.54) is 0 Å². The summed E-state index contributed by atoms with van der Waals surface area (Å²) in [6.45, 7) is 0. The van der Waals surface area contributed by atoms with E-state index >= 15 is 0 Å². The topological polar surface area (TPSA) is 147 Å². The van der Waals surface area contributed by atoms with E-state index in [-0.39, 0.29) is 12.0 Å². The quantitative estimate of drug-likeness (QED) is 0.497. The Kier molecular flexibility index (Phi) is 5.50. The van der Waals surface area contributed by atoms with Crippen molar-refractivity contribution in [3.05, 3.63) is 39.7 Å². The van der Waals surface area contributed by atoms with Gasteiger partial charge in [-0.15, -0.1) is 0 Å². The van der Waals surface area contributed by atoms with Crippen molar-refractivity contribution >= 4 is 23.5 Å². The molecule has 0 saturated carbocycles. The van der Waals surface area contributed by atoms with Crippen molar-refractivity contribution in [1.29, 1.82) is 0 Å². The van der Waals surface area contributed by atoms with E-state index < -0.39 is 46.7 Å². The van der Waals surface area contributed by atoms with E-state index in [1.807, 2.05) is 5.32 Å². The summed E-state index contributed by atoms with van der Waals surface area (Å²) >= 11 is 0. The van der Waals surface area contributed by atoms with E-state index in [1.54, 1.807) is 0 Å². The van der Waals surface area contributed by atoms with Crippen LogP contribution in [0.4, 0.5) is 10.1 Å². The molecule has 1 amide bonds. The number of carbonyl (C=O) groups excluding carboxylic acids is 1. The van der Waals surface area contributed by atoms with Crippen LogP contribution in [0, 0.1) is 15.9 Å². The number of nitrogens with zero attached hydrogens (tertiary/aromatic N) is 1. The summed E-state index contributed by atoms with van der Waals surface area (Å²) in [5, 5.41) is 29.9. The Bertz CT molecular complexity index is 632. The number of carbonyl (C=O) groups is 3. The Labute approximate surface area is 122 Å². The van der Waals surface area contributed by atoms with Crippen LogP contribution in [0.25, 0.3) is 0 Å². The number of halogens is 1. The molecule has 1 atom stereocenters. The fraction of sp³-hybridized carbons (Fsp3) is 0.250. The minimum Gasteiger partial charge on any atom is -0.481 e. The summed E-state index contributed by atoms with van der Waals surface area (Å²) in [4.78, 5) is 42.6. The highest BCUT2D eigenvalue weighted by atomic mass is 19.1. The van der Waals surface area contributed by atoms with Gasteiger partial charge in [0.2, 0.25) is 5.82 Å². The number of nitrogens with one attached hydrogen (secondary N) is 1. The van der Waals surface area contributed by atoms with Crippen molar-refractivity contribution in [1.82, 2.24) is 5.32 Å². The Morgan fingerprint density at radius 2 is 1.95 bits per heavy atom. The van der Waals surface area contributed by atoms with E-state index in [2.05, 4.69) is 0 Å². The van der Waals surface area contributed by atoms with Crippen molar-refractivity contribution in [2.24, 2.45) is 0 Å². The fourth-order valence-electron chi connectivity index (χ4n) is 1.56. The van der Waals surface area contributed by atoms with Gasteiger partial charge >= 0.3 is 17.6 Å². The largest absolute Gasteiger partial charge is 0.481 e. The summed E-state index contributed by atoms with van der Waals surface area (Å²) in [6, 6.07) is 0.870. The third-order valence-corrected chi connectivity index (χ3v) is 2.66. The molecule has 0 spiro atoms. The van der Waals surface area contributed by atoms with Gasteiger partial charge < -0.3 is 15.5 Å². The summed E-state index contributed by atoms with van der Waals surface area (Å²) in [7, 11) is 0. The number of hydrogen-bond donors (Lipinski definition) is 3. The molecular formula is C12H11FN2O7. The third-order valence-electron chi connectivity index (χ3n) is 2.66. The molecule has 3 N–H and O–H groups in total. The molecular weight excluding hydrogens is 303 g/mol. The molecule has 1 unspecified atom stereocenters. The van der Waals surface area contributed by atoms with Gasteiger partial charge in [-0.3, -0.25) is 19.7 Å². The lowest BCUT2D eigenvalue weighted by Gasteiger charge is -2.13. The summed E-state index contributed by atoms with van der Waals surface area (Å²) in [5.41, 5.74) is -1.14. The van der Waals surface area contributed by atoms with Crippen molar-refractivity contribution in [3.8, 4) is 0 Å². The molecule has 0 bridgehead atoms. The molecule has 9 nitrogen and oxygen atoms in total. The second kappa shape index (κ2) is 7.11. The Morgan fingerprint density at radius 1 is 1.32 bits per heavy atom. The van der Waals surface area contributed by atoms with Gasteiger partial charge in [0.25, 0.3) is 5.91 Å². The van der Waals surface area contributed by atoms with Gasteiger partial charge in [0, 0.05) is 18.1 Å². The molecule has 0 saturated heterocycles. The molecule has 1 aromatic carbocycles. The average molecular weight is 314 g/mol. The van der Waals surface area contributed by atoms with Gasteiger partial charge in [-0.05, 0) is 18.6 Å². The Hall–Kier alpha value is -3.04. The molecule has 22 heavy (non-hydrogen) atoms. The number of nitro groups is 1. The number of aliphatic carboxylic acids is 2. The van der Waals surface area contributed by atoms with Crippen LogP contribution >= 0.6 is 0 Å². The normalized spacial score (nSPS) is 11.5. The molecule has 0 aromatic heterocycles. The maximum atomic E-state index is 13.4. The second-order valence-electron chi connectivity index (χ2n) is 4.22. The van der Waals surface area contributed by atoms with Crippen molar-refractivity contribution < 1.29 is 33.9 Å². The second-order valence-corrected chi connectivity index (χ2v) is 4.22. The van der Waals surface area contributed by atoms with Crippen LogP contribution in [-0.4, -0.2) is 39.0 Å². The monoisotopic (exact) mass is 314 g/mol. The minimum absolute atomic E-state index is 0.315. The van der Waals surface area contributed by atoms with E-state index in [4.69, 9.17) is 10.2 Å². The van der Waals surface area contributed by atoms with Crippen molar-refractivity contribution in [2.75, 3.05) is 0 Å². The SMILES string of the molecule is O=C(O)CCC(NC(=O)c1ccc([N+](=O)[O-])c(F)c1)C(=O)O. The average Bonchev–Trinajstić information content (AvgIpc) is 2.41. The predicted octanol–water partition coefficient (Wildman–Crippen LogP) is 0.782. The van der Waals surface area contributed by atoms with E-state index in [0.29, 0.717) is 6.07 Å². The zero-order valence-corrected chi connectivity index (χ0v) is 11.0. The van der Waals surface area contributed by atoms with Gasteiger partial charge in [-0.25, -0.2) is 4.79 Å². The van der Waals surface area contributed by atoms with Crippen LogP contribution in [0.2, 0.25) is 0 Å². The number of nitro benzene ring substituents is 1. The van der Waals surface area contributed by atoms with Crippen LogP contribution in [0.5, 0.6) is 0 Å². The first-order valence-corrected chi connectivity index (χ1v) is 5.91. The molecule has 0 aliphatic carbocycles. The number of carboxylic acids is 2. The Balaban J connectivity index is 2.86. The van der Waals surface area contributed by atoms with Crippen LogP contribution < -0.4 is 5.32 Å². The van der Waals surface area contributed by atoms with E-state index in [9.17, 15) is 28.9 Å². The molecule has 0 aliphatic heterocycles. The minimum atomic E-state index is -1.47. The zero-order chi connectivity index (χ0) is 16.9. The number of hydrogen-bond acceptors (Lipinski definition) is 5. The van der Waals surface area contributed by atoms with Gasteiger partial charge in [0.05, 0.1) is 4.92 Å². The maximum Gasteiger partial charge on any atom is 0.326 e. The number of rotatable bonds is 7. The molecule has 0 heterocycles. The number of amides is 1. The molecule has 0 aliphatic rings. The molecule has 118 valence electrons.